The molecule has 0 saturated carbocycles. The van der Waals surface area contributed by atoms with E-state index in [-0.39, 0.29) is 18.0 Å². The number of nitrogens with one attached hydrogen (secondary N) is 1. The van der Waals surface area contributed by atoms with Gasteiger partial charge in [-0.3, -0.25) is 9.59 Å². The lowest BCUT2D eigenvalue weighted by Gasteiger charge is -2.42. The van der Waals surface area contributed by atoms with E-state index < -0.39 is 5.41 Å². The molecule has 1 fully saturated rings. The number of likely N-dealkylation sites (tertiary alicyclic amines) is 1. The second kappa shape index (κ2) is 10.2. The first-order valence-electron chi connectivity index (χ1n) is 10.8. The fraction of sp³-hybridized carbons (Fsp3) is 0.652. The Morgan fingerprint density at radius 1 is 1.10 bits per heavy atom. The van der Waals surface area contributed by atoms with Crippen LogP contribution in [0.1, 0.15) is 63.7 Å². The number of quaternary nitrogens is 1. The minimum Gasteiger partial charge on any atom is -0.497 e. The number of piperidine rings is 1. The molecule has 1 heterocycles. The van der Waals surface area contributed by atoms with E-state index in [2.05, 4.69) is 5.43 Å². The van der Waals surface area contributed by atoms with Crippen LogP contribution in [0.5, 0.6) is 11.5 Å². The van der Waals surface area contributed by atoms with E-state index in [1.165, 1.54) is 7.11 Å². The lowest BCUT2D eigenvalue weighted by molar-refractivity contribution is -0.967. The van der Waals surface area contributed by atoms with Crippen LogP contribution in [0, 0.1) is 5.41 Å². The van der Waals surface area contributed by atoms with E-state index in [9.17, 15) is 9.59 Å². The first kappa shape index (κ1) is 24.0. The fourth-order valence-electron chi connectivity index (χ4n) is 3.69. The van der Waals surface area contributed by atoms with Gasteiger partial charge in [-0.1, -0.05) is 6.92 Å². The quantitative estimate of drug-likeness (QED) is 0.512. The molecule has 1 unspecified atom stereocenters. The molecule has 2 rings (SSSR count). The third-order valence-electron chi connectivity index (χ3n) is 5.56. The smallest absolute Gasteiger partial charge is 0.311 e. The molecule has 0 radical (unpaired) electrons. The van der Waals surface area contributed by atoms with E-state index in [1.54, 1.807) is 25.3 Å². The zero-order chi connectivity index (χ0) is 22.4. The van der Waals surface area contributed by atoms with Gasteiger partial charge in [-0.25, -0.2) is 4.59 Å². The predicted molar refractivity (Wildman–Crippen MR) is 115 cm³/mol. The van der Waals surface area contributed by atoms with Crippen LogP contribution in [0.15, 0.2) is 18.2 Å². The number of methoxy groups -OCH3 is 2. The Bertz CT molecular complexity index is 736. The summed E-state index contributed by atoms with van der Waals surface area (Å²) >= 11 is 0. The highest BCUT2D eigenvalue weighted by Gasteiger charge is 2.38. The molecule has 1 aliphatic rings. The Kier molecular flexibility index (Phi) is 8.12. The van der Waals surface area contributed by atoms with E-state index in [4.69, 9.17) is 14.2 Å². The van der Waals surface area contributed by atoms with Gasteiger partial charge in [-0.2, -0.15) is 5.43 Å². The van der Waals surface area contributed by atoms with Crippen LogP contribution in [0.2, 0.25) is 0 Å². The molecule has 1 N–H and O–H groups in total. The molecule has 7 nitrogen and oxygen atoms in total. The van der Waals surface area contributed by atoms with Crippen LogP contribution in [0.25, 0.3) is 0 Å². The van der Waals surface area contributed by atoms with Crippen molar-refractivity contribution in [1.29, 1.82) is 0 Å². The number of hydrogen-bond donors (Lipinski definition) is 1. The Labute approximate surface area is 180 Å². The molecule has 1 aromatic rings. The van der Waals surface area contributed by atoms with Gasteiger partial charge in [0.05, 0.1) is 25.2 Å². The monoisotopic (exact) mass is 421 g/mol. The van der Waals surface area contributed by atoms with Crippen molar-refractivity contribution in [2.75, 3.05) is 33.9 Å². The average molecular weight is 422 g/mol. The Morgan fingerprint density at radius 2 is 1.77 bits per heavy atom. The molecule has 0 aromatic heterocycles. The summed E-state index contributed by atoms with van der Waals surface area (Å²) in [6.07, 6.45) is 3.62. The Morgan fingerprint density at radius 3 is 2.30 bits per heavy atom. The summed E-state index contributed by atoms with van der Waals surface area (Å²) in [6, 6.07) is 5.16. The Hall–Kier alpha value is -2.28. The highest BCUT2D eigenvalue weighted by atomic mass is 16.5. The molecule has 0 spiro atoms. The molecular formula is C23H37N2O5+. The fourth-order valence-corrected chi connectivity index (χ4v) is 3.69. The molecule has 168 valence electrons. The largest absolute Gasteiger partial charge is 0.497 e. The lowest BCUT2D eigenvalue weighted by atomic mass is 9.97. The van der Waals surface area contributed by atoms with Crippen molar-refractivity contribution in [3.8, 4) is 11.5 Å². The first-order valence-corrected chi connectivity index (χ1v) is 10.8. The second-order valence-electron chi connectivity index (χ2n) is 9.03. The third kappa shape index (κ3) is 6.11. The molecule has 0 bridgehead atoms. The summed E-state index contributed by atoms with van der Waals surface area (Å²) < 4.78 is 16.8. The van der Waals surface area contributed by atoms with Crippen LogP contribution in [0.3, 0.4) is 0 Å². The summed E-state index contributed by atoms with van der Waals surface area (Å²) in [6.45, 7) is 9.75. The number of carbonyl (C=O) groups excluding carboxylic acids is 2. The molecule has 1 saturated heterocycles. The number of hydrogen-bond acceptors (Lipinski definition) is 5. The van der Waals surface area contributed by atoms with Gasteiger partial charge in [0.15, 0.2) is 6.10 Å². The number of rotatable bonds is 8. The number of benzene rings is 1. The lowest BCUT2D eigenvalue weighted by Crippen LogP contribution is -2.65. The van der Waals surface area contributed by atoms with Crippen molar-refractivity contribution in [1.82, 2.24) is 5.43 Å². The second-order valence-corrected chi connectivity index (χ2v) is 9.03. The van der Waals surface area contributed by atoms with Gasteiger partial charge in [-0.05, 0) is 58.6 Å². The summed E-state index contributed by atoms with van der Waals surface area (Å²) in [5.74, 6) is 0.680. The van der Waals surface area contributed by atoms with Crippen molar-refractivity contribution in [2.24, 2.45) is 5.41 Å². The van der Waals surface area contributed by atoms with E-state index >= 15 is 0 Å². The molecule has 7 heteroatoms. The number of esters is 1. The van der Waals surface area contributed by atoms with Gasteiger partial charge in [0.25, 0.3) is 5.91 Å². The summed E-state index contributed by atoms with van der Waals surface area (Å²) in [7, 11) is 3.11. The van der Waals surface area contributed by atoms with Crippen LogP contribution in [0.4, 0.5) is 0 Å². The van der Waals surface area contributed by atoms with Crippen molar-refractivity contribution in [3.05, 3.63) is 23.8 Å². The van der Waals surface area contributed by atoms with Gasteiger partial charge in [0.1, 0.15) is 31.1 Å². The standard InChI is InChI=1S/C23H36N2O5/c1-7-17(30-22(27)23(2,3)4)16-25(13-9-8-10-14-25)24-21(26)19-12-11-18(28-5)15-20(19)29-6/h11-12,15,17H,7-10,13-14,16H2,1-6H3/p+1. The van der Waals surface area contributed by atoms with Crippen LogP contribution >= 0.6 is 0 Å². The molecular weight excluding hydrogens is 384 g/mol. The van der Waals surface area contributed by atoms with Gasteiger partial charge < -0.3 is 14.2 Å². The van der Waals surface area contributed by atoms with Crippen LogP contribution in [-0.4, -0.2) is 56.4 Å². The maximum absolute atomic E-state index is 13.2. The summed E-state index contributed by atoms with van der Waals surface area (Å²) in [4.78, 5) is 25.6. The first-order chi connectivity index (χ1) is 14.1. The van der Waals surface area contributed by atoms with Gasteiger partial charge in [0, 0.05) is 6.07 Å². The van der Waals surface area contributed by atoms with Gasteiger partial charge in [0.2, 0.25) is 0 Å². The third-order valence-corrected chi connectivity index (χ3v) is 5.56. The molecule has 1 aliphatic heterocycles. The zero-order valence-electron chi connectivity index (χ0n) is 19.2. The van der Waals surface area contributed by atoms with Crippen molar-refractivity contribution >= 4 is 11.9 Å². The predicted octanol–water partition coefficient (Wildman–Crippen LogP) is 3.72. The number of carbonyl (C=O) groups is 2. The minimum atomic E-state index is -0.556. The highest BCUT2D eigenvalue weighted by molar-refractivity contribution is 5.96. The number of ether oxygens (including phenoxy) is 3. The van der Waals surface area contributed by atoms with Crippen molar-refractivity contribution in [2.45, 2.75) is 59.5 Å². The van der Waals surface area contributed by atoms with Crippen molar-refractivity contribution < 1.29 is 28.4 Å². The normalized spacial score (nSPS) is 17.0. The molecule has 0 aliphatic carbocycles. The molecule has 1 amide bonds. The maximum Gasteiger partial charge on any atom is 0.311 e. The topological polar surface area (TPSA) is 73.9 Å². The number of amides is 1. The average Bonchev–Trinajstić information content (AvgIpc) is 2.72. The molecule has 30 heavy (non-hydrogen) atoms. The Balaban J connectivity index is 2.22. The SMILES string of the molecule is CCC(C[N+]1(NC(=O)c2ccc(OC)cc2OC)CCCCC1)OC(=O)C(C)(C)C. The van der Waals surface area contributed by atoms with Crippen LogP contribution < -0.4 is 14.9 Å². The van der Waals surface area contributed by atoms with Crippen LogP contribution in [-0.2, 0) is 9.53 Å². The van der Waals surface area contributed by atoms with Gasteiger partial charge in [-0.15, -0.1) is 0 Å². The van der Waals surface area contributed by atoms with Crippen molar-refractivity contribution in [3.63, 3.8) is 0 Å². The van der Waals surface area contributed by atoms with Gasteiger partial charge >= 0.3 is 5.97 Å². The maximum atomic E-state index is 13.2. The summed E-state index contributed by atoms with van der Waals surface area (Å²) in [5, 5.41) is 0. The van der Waals surface area contributed by atoms with E-state index in [1.807, 2.05) is 27.7 Å². The minimum absolute atomic E-state index is 0.201. The summed E-state index contributed by atoms with van der Waals surface area (Å²) in [5.41, 5.74) is 3.13. The number of nitrogens with zero attached hydrogens (tertiary/aromatic N) is 1. The van der Waals surface area contributed by atoms with E-state index in [0.717, 1.165) is 32.4 Å². The highest BCUT2D eigenvalue weighted by Crippen LogP contribution is 2.26. The molecule has 1 aromatic carbocycles. The molecule has 1 atom stereocenters. The zero-order valence-corrected chi connectivity index (χ0v) is 19.2. The van der Waals surface area contributed by atoms with E-state index in [0.29, 0.717) is 34.6 Å².